The summed E-state index contributed by atoms with van der Waals surface area (Å²) in [7, 11) is 0. The second-order valence-electron chi connectivity index (χ2n) is 3.50. The van der Waals surface area contributed by atoms with E-state index in [1.165, 1.54) is 18.2 Å². The van der Waals surface area contributed by atoms with Gasteiger partial charge < -0.3 is 19.6 Å². The zero-order valence-electron chi connectivity index (χ0n) is 10.7. The predicted octanol–water partition coefficient (Wildman–Crippen LogP) is 1.80. The first-order valence-corrected chi connectivity index (χ1v) is 5.62. The Balaban J connectivity index is 2.63. The maximum absolute atomic E-state index is 11.0. The number of rotatable bonds is 6. The fourth-order valence-corrected chi connectivity index (χ4v) is 1.25. The number of pyridine rings is 1. The van der Waals surface area contributed by atoms with Crippen LogP contribution in [-0.4, -0.2) is 29.1 Å². The van der Waals surface area contributed by atoms with Crippen molar-refractivity contribution in [1.82, 2.24) is 4.98 Å². The van der Waals surface area contributed by atoms with E-state index in [2.05, 4.69) is 9.72 Å². The third kappa shape index (κ3) is 4.74. The molecule has 0 atom stereocenters. The normalized spacial score (nSPS) is 10.4. The summed E-state index contributed by atoms with van der Waals surface area (Å²) in [6.07, 6.45) is 2.62. The minimum atomic E-state index is -0.614. The van der Waals surface area contributed by atoms with E-state index in [1.54, 1.807) is 19.9 Å². The number of aryl methyl sites for hydroxylation is 1. The van der Waals surface area contributed by atoms with Crippen molar-refractivity contribution in [3.05, 3.63) is 40.1 Å². The first-order valence-electron chi connectivity index (χ1n) is 5.62. The van der Waals surface area contributed by atoms with Crippen molar-refractivity contribution in [3.8, 4) is 5.75 Å². The van der Waals surface area contributed by atoms with Crippen molar-refractivity contribution < 1.29 is 19.2 Å². The lowest BCUT2D eigenvalue weighted by Crippen LogP contribution is -2.03. The lowest BCUT2D eigenvalue weighted by atomic mass is 10.3. The Bertz CT molecular complexity index is 499. The van der Waals surface area contributed by atoms with Gasteiger partial charge in [-0.15, -0.1) is 0 Å². The molecule has 0 bridgehead atoms. The molecule has 0 saturated heterocycles. The van der Waals surface area contributed by atoms with Crippen LogP contribution in [0, 0.1) is 17.0 Å². The SMILES string of the molecule is CCOC(=O)C=CCOc1ccc(C)nc1[N+](=O)[O-]. The molecule has 0 amide bonds. The average Bonchev–Trinajstić information content (AvgIpc) is 2.36. The van der Waals surface area contributed by atoms with Gasteiger partial charge in [-0.3, -0.25) is 0 Å². The molecule has 0 spiro atoms. The first-order chi connectivity index (χ1) is 9.04. The highest BCUT2D eigenvalue weighted by Crippen LogP contribution is 2.24. The lowest BCUT2D eigenvalue weighted by molar-refractivity contribution is -0.390. The van der Waals surface area contributed by atoms with Gasteiger partial charge in [-0.1, -0.05) is 0 Å². The molecule has 0 aliphatic rings. The molecule has 1 aromatic heterocycles. The van der Waals surface area contributed by atoms with E-state index in [0.29, 0.717) is 5.69 Å². The summed E-state index contributed by atoms with van der Waals surface area (Å²) in [4.78, 5) is 24.9. The number of hydrogen-bond donors (Lipinski definition) is 0. The van der Waals surface area contributed by atoms with E-state index in [9.17, 15) is 14.9 Å². The zero-order chi connectivity index (χ0) is 14.3. The van der Waals surface area contributed by atoms with Crippen molar-refractivity contribution >= 4 is 11.8 Å². The number of carbonyl (C=O) groups excluding carboxylic acids is 1. The molecule has 0 aliphatic carbocycles. The Kier molecular flexibility index (Phi) is 5.46. The van der Waals surface area contributed by atoms with Crippen LogP contribution in [-0.2, 0) is 9.53 Å². The highest BCUT2D eigenvalue weighted by Gasteiger charge is 2.16. The molecule has 19 heavy (non-hydrogen) atoms. The van der Waals surface area contributed by atoms with E-state index >= 15 is 0 Å². The second-order valence-corrected chi connectivity index (χ2v) is 3.50. The maximum atomic E-state index is 11.0. The number of carbonyl (C=O) groups is 1. The van der Waals surface area contributed by atoms with E-state index in [4.69, 9.17) is 4.74 Å². The van der Waals surface area contributed by atoms with Crippen molar-refractivity contribution in [2.75, 3.05) is 13.2 Å². The molecule has 0 N–H and O–H groups in total. The van der Waals surface area contributed by atoms with Gasteiger partial charge in [0.05, 0.1) is 6.61 Å². The van der Waals surface area contributed by atoms with Crippen molar-refractivity contribution in [2.45, 2.75) is 13.8 Å². The van der Waals surface area contributed by atoms with Gasteiger partial charge in [0.15, 0.2) is 0 Å². The maximum Gasteiger partial charge on any atom is 0.406 e. The van der Waals surface area contributed by atoms with Crippen LogP contribution in [0.4, 0.5) is 5.82 Å². The molecular weight excluding hydrogens is 252 g/mol. The third-order valence-corrected chi connectivity index (χ3v) is 2.03. The van der Waals surface area contributed by atoms with Crippen molar-refractivity contribution in [2.24, 2.45) is 0 Å². The van der Waals surface area contributed by atoms with E-state index in [0.717, 1.165) is 0 Å². The lowest BCUT2D eigenvalue weighted by Gasteiger charge is -2.03. The number of ether oxygens (including phenoxy) is 2. The van der Waals surface area contributed by atoms with Gasteiger partial charge in [-0.25, -0.2) is 4.79 Å². The molecule has 1 rings (SSSR count). The number of nitrogens with zero attached hydrogens (tertiary/aromatic N) is 2. The molecule has 0 radical (unpaired) electrons. The molecule has 1 heterocycles. The monoisotopic (exact) mass is 266 g/mol. The smallest absolute Gasteiger partial charge is 0.406 e. The van der Waals surface area contributed by atoms with Crippen LogP contribution < -0.4 is 4.74 Å². The van der Waals surface area contributed by atoms with Crippen LogP contribution in [0.1, 0.15) is 12.6 Å². The Labute approximate surface area is 110 Å². The third-order valence-electron chi connectivity index (χ3n) is 2.03. The van der Waals surface area contributed by atoms with Crippen LogP contribution in [0.2, 0.25) is 0 Å². The topological polar surface area (TPSA) is 91.6 Å². The Morgan fingerprint density at radius 3 is 2.89 bits per heavy atom. The largest absolute Gasteiger partial charge is 0.481 e. The summed E-state index contributed by atoms with van der Waals surface area (Å²) in [5.74, 6) is -0.767. The van der Waals surface area contributed by atoms with Crippen molar-refractivity contribution in [1.29, 1.82) is 0 Å². The van der Waals surface area contributed by atoms with Gasteiger partial charge in [0.2, 0.25) is 5.75 Å². The molecule has 0 aromatic carbocycles. The van der Waals surface area contributed by atoms with Crippen LogP contribution >= 0.6 is 0 Å². The predicted molar refractivity (Wildman–Crippen MR) is 66.9 cm³/mol. The molecule has 0 unspecified atom stereocenters. The molecular formula is C12H14N2O5. The summed E-state index contributed by atoms with van der Waals surface area (Å²) in [6.45, 7) is 3.66. The number of nitro groups is 1. The summed E-state index contributed by atoms with van der Waals surface area (Å²) >= 11 is 0. The van der Waals surface area contributed by atoms with Gasteiger partial charge >= 0.3 is 11.8 Å². The van der Waals surface area contributed by atoms with Crippen LogP contribution in [0.25, 0.3) is 0 Å². The van der Waals surface area contributed by atoms with E-state index in [1.807, 2.05) is 0 Å². The van der Waals surface area contributed by atoms with Crippen LogP contribution in [0.3, 0.4) is 0 Å². The first kappa shape index (κ1) is 14.6. The standard InChI is InChI=1S/C12H14N2O5/c1-3-18-11(15)5-4-8-19-10-7-6-9(2)13-12(10)14(16)17/h4-7H,3,8H2,1-2H3. The van der Waals surface area contributed by atoms with Gasteiger partial charge in [-0.2, -0.15) is 0 Å². The highest BCUT2D eigenvalue weighted by atomic mass is 16.6. The second kappa shape index (κ2) is 7.10. The Hall–Kier alpha value is -2.44. The molecule has 0 fully saturated rings. The molecule has 0 saturated carbocycles. The van der Waals surface area contributed by atoms with Gasteiger partial charge in [-0.05, 0) is 35.0 Å². The summed E-state index contributed by atoms with van der Waals surface area (Å²) < 4.78 is 9.85. The summed E-state index contributed by atoms with van der Waals surface area (Å²) in [6, 6.07) is 3.08. The van der Waals surface area contributed by atoms with Crippen LogP contribution in [0.5, 0.6) is 5.75 Å². The molecule has 1 aromatic rings. The van der Waals surface area contributed by atoms with Gasteiger partial charge in [0, 0.05) is 13.0 Å². The van der Waals surface area contributed by atoms with Crippen molar-refractivity contribution in [3.63, 3.8) is 0 Å². The van der Waals surface area contributed by atoms with E-state index < -0.39 is 10.9 Å². The van der Waals surface area contributed by atoms with Gasteiger partial charge in [0.25, 0.3) is 0 Å². The summed E-state index contributed by atoms with van der Waals surface area (Å²) in [5, 5.41) is 10.8. The number of hydrogen-bond acceptors (Lipinski definition) is 6. The molecule has 7 heteroatoms. The molecule has 7 nitrogen and oxygen atoms in total. The fourth-order valence-electron chi connectivity index (χ4n) is 1.25. The highest BCUT2D eigenvalue weighted by molar-refractivity contribution is 5.81. The molecule has 102 valence electrons. The minimum absolute atomic E-state index is 0.0182. The average molecular weight is 266 g/mol. The molecule has 0 aliphatic heterocycles. The van der Waals surface area contributed by atoms with Gasteiger partial charge in [0.1, 0.15) is 12.3 Å². The van der Waals surface area contributed by atoms with E-state index in [-0.39, 0.29) is 24.8 Å². The van der Waals surface area contributed by atoms with Crippen LogP contribution in [0.15, 0.2) is 24.3 Å². The Morgan fingerprint density at radius 1 is 1.53 bits per heavy atom. The zero-order valence-corrected chi connectivity index (χ0v) is 10.7. The number of esters is 1. The summed E-state index contributed by atoms with van der Waals surface area (Å²) in [5.41, 5.74) is 0.529. The fraction of sp³-hybridized carbons (Fsp3) is 0.333. The minimum Gasteiger partial charge on any atom is -0.481 e. The number of aromatic nitrogens is 1. The Morgan fingerprint density at radius 2 is 2.26 bits per heavy atom. The quantitative estimate of drug-likeness (QED) is 0.337.